The lowest BCUT2D eigenvalue weighted by atomic mass is 10.1. The number of carbonyl (C=O) groups excluding carboxylic acids is 1. The van der Waals surface area contributed by atoms with Crippen LogP contribution >= 0.6 is 0 Å². The lowest BCUT2D eigenvalue weighted by Crippen LogP contribution is -2.48. The van der Waals surface area contributed by atoms with Crippen LogP contribution in [0.4, 0.5) is 5.69 Å². The quantitative estimate of drug-likeness (QED) is 0.701. The van der Waals surface area contributed by atoms with Gasteiger partial charge >= 0.3 is 0 Å². The number of benzene rings is 2. The molecule has 0 N–H and O–H groups in total. The van der Waals surface area contributed by atoms with E-state index in [-0.39, 0.29) is 5.91 Å². The van der Waals surface area contributed by atoms with Crippen molar-refractivity contribution in [1.82, 2.24) is 4.90 Å². The fourth-order valence-corrected chi connectivity index (χ4v) is 3.46. The number of amides is 1. The zero-order valence-corrected chi connectivity index (χ0v) is 17.5. The molecule has 0 bridgehead atoms. The summed E-state index contributed by atoms with van der Waals surface area (Å²) in [5, 5.41) is 0. The molecule has 2 aromatic rings. The first-order valence-electron chi connectivity index (χ1n) is 9.64. The number of ether oxygens (including phenoxy) is 3. The number of aryl methyl sites for hydroxylation is 1. The highest BCUT2D eigenvalue weighted by Crippen LogP contribution is 2.35. The van der Waals surface area contributed by atoms with Crippen molar-refractivity contribution in [3.8, 4) is 17.2 Å². The van der Waals surface area contributed by atoms with Gasteiger partial charge in [0.25, 0.3) is 0 Å². The summed E-state index contributed by atoms with van der Waals surface area (Å²) in [6, 6.07) is 12.0. The van der Waals surface area contributed by atoms with Crippen LogP contribution in [0.1, 0.15) is 11.1 Å². The molecule has 1 heterocycles. The van der Waals surface area contributed by atoms with Crippen molar-refractivity contribution in [2.75, 3.05) is 52.4 Å². The highest BCUT2D eigenvalue weighted by atomic mass is 16.5. The van der Waals surface area contributed by atoms with Crippen LogP contribution in [-0.2, 0) is 4.79 Å². The van der Waals surface area contributed by atoms with Crippen LogP contribution in [0.3, 0.4) is 0 Å². The molecule has 154 valence electrons. The van der Waals surface area contributed by atoms with Gasteiger partial charge in [0.15, 0.2) is 11.5 Å². The SMILES string of the molecule is COc1cc(OC)c(OC)cc1/C=C/C(=O)N1CCN(c2cccc(C)c2)CC1. The smallest absolute Gasteiger partial charge is 0.246 e. The first-order chi connectivity index (χ1) is 14.0. The number of anilines is 1. The topological polar surface area (TPSA) is 51.2 Å². The molecule has 0 radical (unpaired) electrons. The molecule has 1 saturated heterocycles. The van der Waals surface area contributed by atoms with E-state index in [1.165, 1.54) is 11.3 Å². The van der Waals surface area contributed by atoms with E-state index < -0.39 is 0 Å². The molecule has 2 aromatic carbocycles. The largest absolute Gasteiger partial charge is 0.496 e. The zero-order valence-electron chi connectivity index (χ0n) is 17.5. The van der Waals surface area contributed by atoms with Gasteiger partial charge in [0, 0.05) is 49.6 Å². The Morgan fingerprint density at radius 2 is 1.55 bits per heavy atom. The third-order valence-electron chi connectivity index (χ3n) is 5.10. The number of methoxy groups -OCH3 is 3. The summed E-state index contributed by atoms with van der Waals surface area (Å²) in [7, 11) is 4.74. The van der Waals surface area contributed by atoms with E-state index in [1.54, 1.807) is 45.6 Å². The molecule has 0 atom stereocenters. The number of rotatable bonds is 6. The number of hydrogen-bond donors (Lipinski definition) is 0. The molecule has 29 heavy (non-hydrogen) atoms. The third-order valence-corrected chi connectivity index (χ3v) is 5.10. The number of carbonyl (C=O) groups is 1. The molecular weight excluding hydrogens is 368 g/mol. The lowest BCUT2D eigenvalue weighted by molar-refractivity contribution is -0.126. The average Bonchev–Trinajstić information content (AvgIpc) is 2.76. The van der Waals surface area contributed by atoms with E-state index in [1.807, 2.05) is 4.90 Å². The van der Waals surface area contributed by atoms with Crippen molar-refractivity contribution in [1.29, 1.82) is 0 Å². The van der Waals surface area contributed by atoms with Gasteiger partial charge in [0.05, 0.1) is 21.3 Å². The van der Waals surface area contributed by atoms with Gasteiger partial charge in [0.1, 0.15) is 5.75 Å². The summed E-state index contributed by atoms with van der Waals surface area (Å²) >= 11 is 0. The molecule has 6 nitrogen and oxygen atoms in total. The predicted octanol–water partition coefficient (Wildman–Crippen LogP) is 3.38. The maximum absolute atomic E-state index is 12.7. The van der Waals surface area contributed by atoms with Crippen LogP contribution < -0.4 is 19.1 Å². The van der Waals surface area contributed by atoms with Crippen LogP contribution in [0.5, 0.6) is 17.2 Å². The molecule has 0 aromatic heterocycles. The highest BCUT2D eigenvalue weighted by molar-refractivity contribution is 5.92. The second kappa shape index (κ2) is 9.37. The Balaban J connectivity index is 1.66. The fraction of sp³-hybridized carbons (Fsp3) is 0.348. The molecule has 1 aliphatic heterocycles. The Morgan fingerprint density at radius 1 is 0.897 bits per heavy atom. The second-order valence-electron chi connectivity index (χ2n) is 6.93. The Hall–Kier alpha value is -3.15. The number of piperazine rings is 1. The van der Waals surface area contributed by atoms with Crippen molar-refractivity contribution in [2.45, 2.75) is 6.92 Å². The Labute approximate surface area is 172 Å². The monoisotopic (exact) mass is 396 g/mol. The van der Waals surface area contributed by atoms with Gasteiger partial charge in [-0.3, -0.25) is 4.79 Å². The Kier molecular flexibility index (Phi) is 6.65. The molecule has 6 heteroatoms. The van der Waals surface area contributed by atoms with E-state index in [9.17, 15) is 4.79 Å². The normalized spacial score (nSPS) is 14.2. The summed E-state index contributed by atoms with van der Waals surface area (Å²) in [5.74, 6) is 1.79. The standard InChI is InChI=1S/C23H28N2O4/c1-17-6-5-7-19(14-17)24-10-12-25(13-11-24)23(26)9-8-18-15-21(28-3)22(29-4)16-20(18)27-2/h5-9,14-16H,10-13H2,1-4H3/b9-8+. The third kappa shape index (κ3) is 4.83. The van der Waals surface area contributed by atoms with Gasteiger partial charge in [-0.15, -0.1) is 0 Å². The highest BCUT2D eigenvalue weighted by Gasteiger charge is 2.20. The van der Waals surface area contributed by atoms with E-state index in [0.717, 1.165) is 18.7 Å². The van der Waals surface area contributed by atoms with Gasteiger partial charge < -0.3 is 24.0 Å². The number of hydrogen-bond acceptors (Lipinski definition) is 5. The molecular formula is C23H28N2O4. The van der Waals surface area contributed by atoms with E-state index in [2.05, 4.69) is 36.1 Å². The lowest BCUT2D eigenvalue weighted by Gasteiger charge is -2.35. The molecule has 1 aliphatic rings. The molecule has 3 rings (SSSR count). The predicted molar refractivity (Wildman–Crippen MR) is 115 cm³/mol. The average molecular weight is 396 g/mol. The molecule has 1 amide bonds. The second-order valence-corrected chi connectivity index (χ2v) is 6.93. The summed E-state index contributed by atoms with van der Waals surface area (Å²) in [5.41, 5.74) is 3.22. The van der Waals surface area contributed by atoms with Crippen LogP contribution in [0.15, 0.2) is 42.5 Å². The maximum atomic E-state index is 12.7. The fourth-order valence-electron chi connectivity index (χ4n) is 3.46. The van der Waals surface area contributed by atoms with Gasteiger partial charge in [-0.2, -0.15) is 0 Å². The molecule has 1 fully saturated rings. The van der Waals surface area contributed by atoms with Crippen LogP contribution in [0, 0.1) is 6.92 Å². The minimum absolute atomic E-state index is 0.00858. The van der Waals surface area contributed by atoms with Crippen LogP contribution in [0.2, 0.25) is 0 Å². The van der Waals surface area contributed by atoms with Crippen molar-refractivity contribution < 1.29 is 19.0 Å². The minimum atomic E-state index is -0.00858. The number of nitrogens with zero attached hydrogens (tertiary/aromatic N) is 2. The van der Waals surface area contributed by atoms with E-state index >= 15 is 0 Å². The van der Waals surface area contributed by atoms with E-state index in [4.69, 9.17) is 14.2 Å². The molecule has 0 unspecified atom stereocenters. The van der Waals surface area contributed by atoms with Crippen molar-refractivity contribution in [2.24, 2.45) is 0 Å². The minimum Gasteiger partial charge on any atom is -0.496 e. The van der Waals surface area contributed by atoms with Crippen LogP contribution in [0.25, 0.3) is 6.08 Å². The van der Waals surface area contributed by atoms with Gasteiger partial charge in [0.2, 0.25) is 5.91 Å². The molecule has 0 aliphatic carbocycles. The van der Waals surface area contributed by atoms with Crippen molar-refractivity contribution in [3.05, 3.63) is 53.6 Å². The van der Waals surface area contributed by atoms with Gasteiger partial charge in [-0.1, -0.05) is 12.1 Å². The molecule has 0 spiro atoms. The molecule has 0 saturated carbocycles. The first-order valence-corrected chi connectivity index (χ1v) is 9.64. The maximum Gasteiger partial charge on any atom is 0.246 e. The summed E-state index contributed by atoms with van der Waals surface area (Å²) < 4.78 is 16.1. The first kappa shape index (κ1) is 20.6. The van der Waals surface area contributed by atoms with Crippen molar-refractivity contribution in [3.63, 3.8) is 0 Å². The summed E-state index contributed by atoms with van der Waals surface area (Å²) in [6.45, 7) is 5.13. The van der Waals surface area contributed by atoms with Gasteiger partial charge in [-0.25, -0.2) is 0 Å². The van der Waals surface area contributed by atoms with Gasteiger partial charge in [-0.05, 0) is 36.8 Å². The Bertz CT molecular complexity index is 886. The van der Waals surface area contributed by atoms with Crippen LogP contribution in [-0.4, -0.2) is 58.3 Å². The Morgan fingerprint density at radius 3 is 2.17 bits per heavy atom. The summed E-state index contributed by atoms with van der Waals surface area (Å²) in [4.78, 5) is 16.9. The van der Waals surface area contributed by atoms with E-state index in [0.29, 0.717) is 30.3 Å². The zero-order chi connectivity index (χ0) is 20.8. The van der Waals surface area contributed by atoms with Crippen molar-refractivity contribution >= 4 is 17.7 Å². The summed E-state index contributed by atoms with van der Waals surface area (Å²) in [6.07, 6.45) is 3.35.